The lowest BCUT2D eigenvalue weighted by atomic mass is 9.84. The largest absolute Gasteiger partial charge is 0.371 e. The smallest absolute Gasteiger partial charge is 0.0445 e. The zero-order valence-corrected chi connectivity index (χ0v) is 13.7. The molecule has 0 radical (unpaired) electrons. The van der Waals surface area contributed by atoms with Gasteiger partial charge in [-0.05, 0) is 31.2 Å². The maximum atomic E-state index is 4.48. The molecule has 1 aromatic heterocycles. The first kappa shape index (κ1) is 15.3. The van der Waals surface area contributed by atoms with E-state index in [1.807, 2.05) is 6.20 Å². The molecule has 2 rings (SSSR count). The maximum absolute atomic E-state index is 4.48. The number of piperidine rings is 1. The van der Waals surface area contributed by atoms with Crippen molar-refractivity contribution in [1.29, 1.82) is 0 Å². The first-order valence-corrected chi connectivity index (χ1v) is 7.81. The third kappa shape index (κ3) is 3.95. The highest BCUT2D eigenvalue weighted by atomic mass is 15.1. The Morgan fingerprint density at radius 1 is 1.40 bits per heavy atom. The predicted molar refractivity (Wildman–Crippen MR) is 86.2 cm³/mol. The van der Waals surface area contributed by atoms with E-state index in [9.17, 15) is 0 Å². The molecule has 1 aliphatic rings. The fourth-order valence-electron chi connectivity index (χ4n) is 2.95. The topological polar surface area (TPSA) is 28.2 Å². The molecule has 0 atom stereocenters. The quantitative estimate of drug-likeness (QED) is 0.911. The van der Waals surface area contributed by atoms with Gasteiger partial charge in [0.05, 0.1) is 0 Å². The van der Waals surface area contributed by atoms with Gasteiger partial charge in [-0.2, -0.15) is 0 Å². The van der Waals surface area contributed by atoms with Crippen LogP contribution in [0.15, 0.2) is 12.3 Å². The average Bonchev–Trinajstić information content (AvgIpc) is 2.36. The Morgan fingerprint density at radius 3 is 2.80 bits per heavy atom. The summed E-state index contributed by atoms with van der Waals surface area (Å²) in [6.07, 6.45) is 4.65. The van der Waals surface area contributed by atoms with Gasteiger partial charge >= 0.3 is 0 Å². The van der Waals surface area contributed by atoms with Crippen molar-refractivity contribution in [2.24, 2.45) is 5.41 Å². The molecule has 1 N–H and O–H groups in total. The summed E-state index contributed by atoms with van der Waals surface area (Å²) in [6, 6.07) is 2.75. The van der Waals surface area contributed by atoms with Crippen molar-refractivity contribution < 1.29 is 0 Å². The van der Waals surface area contributed by atoms with E-state index in [4.69, 9.17) is 0 Å². The molecule has 0 aromatic carbocycles. The maximum Gasteiger partial charge on any atom is 0.0445 e. The standard InChI is InChI=1S/C17H29N3/c1-13(2)18-10-15-11-19-14(3)9-16(15)20-8-6-7-17(4,5)12-20/h9,11,13,18H,6-8,10,12H2,1-5H3. The van der Waals surface area contributed by atoms with Crippen LogP contribution in [0.5, 0.6) is 0 Å². The molecule has 3 heteroatoms. The van der Waals surface area contributed by atoms with E-state index in [1.54, 1.807) is 0 Å². The Balaban J connectivity index is 2.22. The fraction of sp³-hybridized carbons (Fsp3) is 0.706. The first-order chi connectivity index (χ1) is 9.37. The van der Waals surface area contributed by atoms with Gasteiger partial charge in [0.1, 0.15) is 0 Å². The predicted octanol–water partition coefficient (Wildman–Crippen LogP) is 3.51. The zero-order chi connectivity index (χ0) is 14.8. The lowest BCUT2D eigenvalue weighted by Crippen LogP contribution is -2.41. The van der Waals surface area contributed by atoms with Gasteiger partial charge in [-0.3, -0.25) is 4.98 Å². The molecule has 0 bridgehead atoms. The second kappa shape index (κ2) is 6.13. The minimum Gasteiger partial charge on any atom is -0.371 e. The fourth-order valence-corrected chi connectivity index (χ4v) is 2.95. The van der Waals surface area contributed by atoms with Crippen LogP contribution < -0.4 is 10.2 Å². The van der Waals surface area contributed by atoms with Crippen LogP contribution in [-0.4, -0.2) is 24.1 Å². The van der Waals surface area contributed by atoms with Crippen LogP contribution in [0.25, 0.3) is 0 Å². The molecule has 0 amide bonds. The Labute approximate surface area is 123 Å². The van der Waals surface area contributed by atoms with E-state index in [0.29, 0.717) is 11.5 Å². The van der Waals surface area contributed by atoms with Gasteiger partial charge in [0, 0.05) is 48.8 Å². The molecule has 0 unspecified atom stereocenters. The van der Waals surface area contributed by atoms with Crippen LogP contribution in [0.3, 0.4) is 0 Å². The van der Waals surface area contributed by atoms with Crippen molar-refractivity contribution in [2.45, 2.75) is 60.0 Å². The molecule has 0 saturated carbocycles. The van der Waals surface area contributed by atoms with Gasteiger partial charge in [-0.1, -0.05) is 27.7 Å². The third-order valence-electron chi connectivity index (χ3n) is 4.04. The summed E-state index contributed by atoms with van der Waals surface area (Å²) in [5, 5.41) is 3.51. The monoisotopic (exact) mass is 275 g/mol. The van der Waals surface area contributed by atoms with Crippen LogP contribution in [0, 0.1) is 12.3 Å². The number of aromatic nitrogens is 1. The van der Waals surface area contributed by atoms with Crippen molar-refractivity contribution in [3.05, 3.63) is 23.5 Å². The second-order valence-corrected chi connectivity index (χ2v) is 7.18. The number of hydrogen-bond donors (Lipinski definition) is 1. The van der Waals surface area contributed by atoms with Crippen molar-refractivity contribution in [3.63, 3.8) is 0 Å². The van der Waals surface area contributed by atoms with Crippen LogP contribution >= 0.6 is 0 Å². The normalized spacial score (nSPS) is 18.6. The van der Waals surface area contributed by atoms with Crippen LogP contribution in [0.2, 0.25) is 0 Å². The van der Waals surface area contributed by atoms with Gasteiger partial charge in [-0.25, -0.2) is 0 Å². The number of hydrogen-bond acceptors (Lipinski definition) is 3. The van der Waals surface area contributed by atoms with E-state index in [1.165, 1.54) is 30.6 Å². The average molecular weight is 275 g/mol. The number of anilines is 1. The summed E-state index contributed by atoms with van der Waals surface area (Å²) in [4.78, 5) is 7.03. The number of nitrogens with zero attached hydrogens (tertiary/aromatic N) is 2. The lowest BCUT2D eigenvalue weighted by molar-refractivity contribution is 0.292. The summed E-state index contributed by atoms with van der Waals surface area (Å²) in [5.41, 5.74) is 4.22. The van der Waals surface area contributed by atoms with Gasteiger partial charge < -0.3 is 10.2 Å². The first-order valence-electron chi connectivity index (χ1n) is 7.81. The van der Waals surface area contributed by atoms with E-state index in [0.717, 1.165) is 18.8 Å². The number of rotatable bonds is 4. The van der Waals surface area contributed by atoms with Crippen molar-refractivity contribution in [3.8, 4) is 0 Å². The van der Waals surface area contributed by atoms with E-state index in [2.05, 4.69) is 55.9 Å². The van der Waals surface area contributed by atoms with Gasteiger partial charge in [-0.15, -0.1) is 0 Å². The molecule has 0 aliphatic carbocycles. The highest BCUT2D eigenvalue weighted by molar-refractivity contribution is 5.54. The van der Waals surface area contributed by atoms with Crippen LogP contribution in [-0.2, 0) is 6.54 Å². The molecule has 1 aromatic rings. The van der Waals surface area contributed by atoms with Crippen molar-refractivity contribution in [2.75, 3.05) is 18.0 Å². The summed E-state index contributed by atoms with van der Waals surface area (Å²) in [7, 11) is 0. The SMILES string of the molecule is Cc1cc(N2CCCC(C)(C)C2)c(CNC(C)C)cn1. The van der Waals surface area contributed by atoms with Gasteiger partial charge in [0.25, 0.3) is 0 Å². The molecule has 3 nitrogen and oxygen atoms in total. The molecule has 1 aliphatic heterocycles. The minimum atomic E-state index is 0.415. The second-order valence-electron chi connectivity index (χ2n) is 7.18. The summed E-state index contributed by atoms with van der Waals surface area (Å²) in [5.74, 6) is 0. The highest BCUT2D eigenvalue weighted by Crippen LogP contribution is 2.33. The zero-order valence-electron chi connectivity index (χ0n) is 13.7. The molecule has 0 spiro atoms. The number of pyridine rings is 1. The third-order valence-corrected chi connectivity index (χ3v) is 4.04. The molecule has 2 heterocycles. The minimum absolute atomic E-state index is 0.415. The van der Waals surface area contributed by atoms with E-state index < -0.39 is 0 Å². The Bertz CT molecular complexity index is 452. The lowest BCUT2D eigenvalue weighted by Gasteiger charge is -2.40. The van der Waals surface area contributed by atoms with Crippen LogP contribution in [0.1, 0.15) is 51.8 Å². The van der Waals surface area contributed by atoms with Crippen molar-refractivity contribution >= 4 is 5.69 Å². The number of aryl methyl sites for hydroxylation is 1. The van der Waals surface area contributed by atoms with Crippen molar-refractivity contribution in [1.82, 2.24) is 10.3 Å². The van der Waals surface area contributed by atoms with Crippen LogP contribution in [0.4, 0.5) is 5.69 Å². The van der Waals surface area contributed by atoms with E-state index >= 15 is 0 Å². The Hall–Kier alpha value is -1.09. The van der Waals surface area contributed by atoms with Gasteiger partial charge in [0.2, 0.25) is 0 Å². The Kier molecular flexibility index (Phi) is 4.69. The molecule has 1 saturated heterocycles. The molecule has 1 fully saturated rings. The summed E-state index contributed by atoms with van der Waals surface area (Å²) >= 11 is 0. The molecule has 112 valence electrons. The molecular formula is C17H29N3. The number of nitrogens with one attached hydrogen (secondary N) is 1. The molecular weight excluding hydrogens is 246 g/mol. The molecule has 20 heavy (non-hydrogen) atoms. The van der Waals surface area contributed by atoms with E-state index in [-0.39, 0.29) is 0 Å². The summed E-state index contributed by atoms with van der Waals surface area (Å²) in [6.45, 7) is 14.4. The van der Waals surface area contributed by atoms with Gasteiger partial charge in [0.15, 0.2) is 0 Å². The Morgan fingerprint density at radius 2 is 2.15 bits per heavy atom. The highest BCUT2D eigenvalue weighted by Gasteiger charge is 2.27. The summed E-state index contributed by atoms with van der Waals surface area (Å²) < 4.78 is 0.